The summed E-state index contributed by atoms with van der Waals surface area (Å²) in [5, 5.41) is 18.3. The lowest BCUT2D eigenvalue weighted by Crippen LogP contribution is -2.34. The highest BCUT2D eigenvalue weighted by Gasteiger charge is 2.38. The lowest BCUT2D eigenvalue weighted by atomic mass is 10.1. The third kappa shape index (κ3) is 4.29. The second-order valence-corrected chi connectivity index (χ2v) is 3.95. The van der Waals surface area contributed by atoms with Gasteiger partial charge in [-0.15, -0.1) is 0 Å². The average Bonchev–Trinajstić information content (AvgIpc) is 2.33. The Balaban J connectivity index is 2.86. The maximum absolute atomic E-state index is 12.2. The molecule has 2 N–H and O–H groups in total. The monoisotopic (exact) mass is 280 g/mol. The number of aliphatic hydroxyl groups is 2. The van der Waals surface area contributed by atoms with Crippen molar-refractivity contribution in [3.8, 4) is 11.5 Å². The highest BCUT2D eigenvalue weighted by atomic mass is 19.4. The smallest absolute Gasteiger partial charge is 0.417 e. The molecule has 0 heterocycles. The van der Waals surface area contributed by atoms with E-state index in [0.717, 1.165) is 0 Å². The molecule has 0 aliphatic rings. The summed E-state index contributed by atoms with van der Waals surface area (Å²) in [6, 6.07) is 4.39. The first-order chi connectivity index (χ1) is 8.75. The van der Waals surface area contributed by atoms with Crippen molar-refractivity contribution in [3.05, 3.63) is 23.8 Å². The second-order valence-electron chi connectivity index (χ2n) is 3.95. The van der Waals surface area contributed by atoms with Crippen molar-refractivity contribution in [3.63, 3.8) is 0 Å². The largest absolute Gasteiger partial charge is 0.497 e. The number of rotatable bonds is 5. The normalized spacial score (nSPS) is 14.9. The van der Waals surface area contributed by atoms with Crippen LogP contribution >= 0.6 is 0 Å². The number of benzene rings is 1. The third-order valence-electron chi connectivity index (χ3n) is 2.45. The fourth-order valence-electron chi connectivity index (χ4n) is 1.38. The fraction of sp³-hybridized carbons (Fsp3) is 0.500. The Kier molecular flexibility index (Phi) is 5.02. The number of ether oxygens (including phenoxy) is 2. The summed E-state index contributed by atoms with van der Waals surface area (Å²) in [7, 11) is 1.39. The van der Waals surface area contributed by atoms with E-state index in [1.807, 2.05) is 0 Å². The minimum Gasteiger partial charge on any atom is -0.497 e. The van der Waals surface area contributed by atoms with E-state index in [4.69, 9.17) is 14.6 Å². The van der Waals surface area contributed by atoms with E-state index in [-0.39, 0.29) is 5.75 Å². The van der Waals surface area contributed by atoms with Gasteiger partial charge in [0.05, 0.1) is 13.2 Å². The first-order valence-corrected chi connectivity index (χ1v) is 5.49. The Labute approximate surface area is 108 Å². The SMILES string of the molecule is COc1ccc([C@@H](C)O)c(OCC(O)C(F)(F)F)c1. The van der Waals surface area contributed by atoms with E-state index in [0.29, 0.717) is 11.3 Å². The number of methoxy groups -OCH3 is 1. The molecule has 1 aromatic rings. The van der Waals surface area contributed by atoms with Gasteiger partial charge in [0.2, 0.25) is 0 Å². The molecule has 2 atom stereocenters. The number of aliphatic hydroxyl groups excluding tert-OH is 2. The van der Waals surface area contributed by atoms with Gasteiger partial charge in [-0.2, -0.15) is 13.2 Å². The minimum atomic E-state index is -4.75. The molecule has 19 heavy (non-hydrogen) atoms. The molecule has 0 saturated heterocycles. The van der Waals surface area contributed by atoms with Crippen molar-refractivity contribution >= 4 is 0 Å². The second kappa shape index (κ2) is 6.12. The molecule has 0 saturated carbocycles. The van der Waals surface area contributed by atoms with Gasteiger partial charge in [0.15, 0.2) is 6.10 Å². The fourth-order valence-corrected chi connectivity index (χ4v) is 1.38. The molecule has 1 aromatic carbocycles. The summed E-state index contributed by atoms with van der Waals surface area (Å²) < 4.78 is 46.3. The molecule has 1 unspecified atom stereocenters. The van der Waals surface area contributed by atoms with E-state index in [9.17, 15) is 18.3 Å². The minimum absolute atomic E-state index is 0.0395. The molecule has 0 spiro atoms. The van der Waals surface area contributed by atoms with Crippen LogP contribution in [-0.2, 0) is 0 Å². The number of alkyl halides is 3. The van der Waals surface area contributed by atoms with Crippen molar-refractivity contribution in [2.24, 2.45) is 0 Å². The van der Waals surface area contributed by atoms with Crippen LogP contribution in [0.15, 0.2) is 18.2 Å². The summed E-state index contributed by atoms with van der Waals surface area (Å²) in [4.78, 5) is 0. The van der Waals surface area contributed by atoms with Gasteiger partial charge in [0.25, 0.3) is 0 Å². The van der Waals surface area contributed by atoms with Gasteiger partial charge in [-0.1, -0.05) is 0 Å². The van der Waals surface area contributed by atoms with Gasteiger partial charge in [0, 0.05) is 11.6 Å². The summed E-state index contributed by atoms with van der Waals surface area (Å²) in [6.07, 6.45) is -8.24. The van der Waals surface area contributed by atoms with Crippen molar-refractivity contribution in [2.45, 2.75) is 25.3 Å². The first-order valence-electron chi connectivity index (χ1n) is 5.49. The Morgan fingerprint density at radius 2 is 1.89 bits per heavy atom. The van der Waals surface area contributed by atoms with Crippen LogP contribution < -0.4 is 9.47 Å². The predicted octanol–water partition coefficient (Wildman–Crippen LogP) is 2.05. The van der Waals surface area contributed by atoms with E-state index in [1.54, 1.807) is 6.07 Å². The van der Waals surface area contributed by atoms with E-state index >= 15 is 0 Å². The van der Waals surface area contributed by atoms with Crippen LogP contribution in [0.1, 0.15) is 18.6 Å². The van der Waals surface area contributed by atoms with Crippen molar-refractivity contribution < 1.29 is 32.9 Å². The Hall–Kier alpha value is -1.47. The lowest BCUT2D eigenvalue weighted by Gasteiger charge is -2.18. The van der Waals surface area contributed by atoms with Crippen LogP contribution in [0.25, 0.3) is 0 Å². The maximum atomic E-state index is 12.2. The molecule has 0 aliphatic carbocycles. The molecule has 0 bridgehead atoms. The standard InChI is InChI=1S/C12H15F3O4/c1-7(16)9-4-3-8(18-2)5-10(9)19-6-11(17)12(13,14)15/h3-5,7,11,16-17H,6H2,1-2H3/t7-,11?/m1/s1. The summed E-state index contributed by atoms with van der Waals surface area (Å²) in [5.74, 6) is 0.415. The van der Waals surface area contributed by atoms with Gasteiger partial charge in [0.1, 0.15) is 18.1 Å². The Morgan fingerprint density at radius 1 is 1.26 bits per heavy atom. The maximum Gasteiger partial charge on any atom is 0.417 e. The van der Waals surface area contributed by atoms with Gasteiger partial charge in [-0.05, 0) is 19.1 Å². The third-order valence-corrected chi connectivity index (χ3v) is 2.45. The summed E-state index contributed by atoms with van der Waals surface area (Å²) in [5.41, 5.74) is 0.315. The van der Waals surface area contributed by atoms with Gasteiger partial charge in [-0.3, -0.25) is 0 Å². The van der Waals surface area contributed by atoms with Crippen LogP contribution in [0, 0.1) is 0 Å². The van der Waals surface area contributed by atoms with E-state index in [1.165, 1.54) is 26.2 Å². The Morgan fingerprint density at radius 3 is 2.37 bits per heavy atom. The van der Waals surface area contributed by atoms with Crippen LogP contribution in [0.3, 0.4) is 0 Å². The van der Waals surface area contributed by atoms with Crippen LogP contribution in [-0.4, -0.2) is 36.2 Å². The number of hydrogen-bond donors (Lipinski definition) is 2. The zero-order valence-corrected chi connectivity index (χ0v) is 10.4. The highest BCUT2D eigenvalue weighted by Crippen LogP contribution is 2.30. The molecule has 0 radical (unpaired) electrons. The van der Waals surface area contributed by atoms with Crippen molar-refractivity contribution in [2.75, 3.05) is 13.7 Å². The van der Waals surface area contributed by atoms with Crippen molar-refractivity contribution in [1.82, 2.24) is 0 Å². The van der Waals surface area contributed by atoms with E-state index < -0.39 is 25.0 Å². The molecule has 108 valence electrons. The zero-order chi connectivity index (χ0) is 14.6. The Bertz CT molecular complexity index is 418. The van der Waals surface area contributed by atoms with Crippen molar-refractivity contribution in [1.29, 1.82) is 0 Å². The van der Waals surface area contributed by atoms with Gasteiger partial charge >= 0.3 is 6.18 Å². The zero-order valence-electron chi connectivity index (χ0n) is 10.4. The molecule has 1 rings (SSSR count). The van der Waals surface area contributed by atoms with Crippen LogP contribution in [0.4, 0.5) is 13.2 Å². The average molecular weight is 280 g/mol. The summed E-state index contributed by atoms with van der Waals surface area (Å²) >= 11 is 0. The molecule has 0 fully saturated rings. The number of halogens is 3. The van der Waals surface area contributed by atoms with Gasteiger partial charge in [-0.25, -0.2) is 0 Å². The first kappa shape index (κ1) is 15.6. The predicted molar refractivity (Wildman–Crippen MR) is 61.2 cm³/mol. The molecule has 0 aliphatic heterocycles. The molecule has 4 nitrogen and oxygen atoms in total. The topological polar surface area (TPSA) is 58.9 Å². The van der Waals surface area contributed by atoms with E-state index in [2.05, 4.69) is 0 Å². The molecular weight excluding hydrogens is 265 g/mol. The quantitative estimate of drug-likeness (QED) is 0.866. The molecule has 7 heteroatoms. The van der Waals surface area contributed by atoms with Gasteiger partial charge < -0.3 is 19.7 Å². The summed E-state index contributed by atoms with van der Waals surface area (Å²) in [6.45, 7) is 0.505. The van der Waals surface area contributed by atoms with Crippen LogP contribution in [0.2, 0.25) is 0 Å². The number of hydrogen-bond acceptors (Lipinski definition) is 4. The van der Waals surface area contributed by atoms with Crippen LogP contribution in [0.5, 0.6) is 11.5 Å². The molecule has 0 aromatic heterocycles. The highest BCUT2D eigenvalue weighted by molar-refractivity contribution is 5.41. The lowest BCUT2D eigenvalue weighted by molar-refractivity contribution is -0.210. The molecule has 0 amide bonds. The molecular formula is C12H15F3O4.